The van der Waals surface area contributed by atoms with Gasteiger partial charge in [-0.1, -0.05) is 63.4 Å². The van der Waals surface area contributed by atoms with Gasteiger partial charge in [-0.2, -0.15) is 5.10 Å². The van der Waals surface area contributed by atoms with E-state index in [1.165, 1.54) is 11.8 Å². The Labute approximate surface area is 157 Å². The van der Waals surface area contributed by atoms with Crippen LogP contribution in [0.15, 0.2) is 52.0 Å². The van der Waals surface area contributed by atoms with Gasteiger partial charge >= 0.3 is 0 Å². The van der Waals surface area contributed by atoms with Crippen molar-refractivity contribution in [3.05, 3.63) is 68.1 Å². The van der Waals surface area contributed by atoms with Crippen molar-refractivity contribution in [1.29, 1.82) is 0 Å². The summed E-state index contributed by atoms with van der Waals surface area (Å²) in [4.78, 5) is 11.8. The number of carbonyl (C=O) groups is 1. The molecule has 1 amide bonds. The largest absolute Gasteiger partial charge is 0.272 e. The summed E-state index contributed by atoms with van der Waals surface area (Å²) in [6, 6.07) is 13.0. The van der Waals surface area contributed by atoms with Crippen LogP contribution in [-0.4, -0.2) is 17.9 Å². The molecule has 3 nitrogen and oxygen atoms in total. The third kappa shape index (κ3) is 5.84. The molecule has 0 aromatic heterocycles. The number of rotatable bonds is 6. The minimum Gasteiger partial charge on any atom is -0.272 e. The standard InChI is InChI=1S/C16H13BrCl2N2OS/c17-13-5-2-1-4-11(13)8-20-21-16(22)10-23-9-12-14(18)6-3-7-15(12)19/h1-8H,9-10H2,(H,21,22)/b20-8-. The van der Waals surface area contributed by atoms with Gasteiger partial charge in [0.2, 0.25) is 5.91 Å². The van der Waals surface area contributed by atoms with Crippen molar-refractivity contribution in [3.8, 4) is 0 Å². The summed E-state index contributed by atoms with van der Waals surface area (Å²) >= 11 is 17.0. The molecule has 2 rings (SSSR count). The first-order valence-electron chi connectivity index (χ1n) is 6.65. The number of hydrogen-bond donors (Lipinski definition) is 1. The smallest absolute Gasteiger partial charge is 0.250 e. The van der Waals surface area contributed by atoms with Crippen LogP contribution in [-0.2, 0) is 10.5 Å². The maximum atomic E-state index is 11.8. The molecule has 0 atom stereocenters. The van der Waals surface area contributed by atoms with E-state index in [-0.39, 0.29) is 11.7 Å². The van der Waals surface area contributed by atoms with Gasteiger partial charge in [0.05, 0.1) is 12.0 Å². The van der Waals surface area contributed by atoms with Crippen molar-refractivity contribution in [3.63, 3.8) is 0 Å². The van der Waals surface area contributed by atoms with Crippen LogP contribution in [0.3, 0.4) is 0 Å². The highest BCUT2D eigenvalue weighted by Gasteiger charge is 2.07. The number of nitrogens with zero attached hydrogens (tertiary/aromatic N) is 1. The van der Waals surface area contributed by atoms with Gasteiger partial charge in [0, 0.05) is 25.8 Å². The number of benzene rings is 2. The van der Waals surface area contributed by atoms with Gasteiger partial charge in [0.1, 0.15) is 0 Å². The fourth-order valence-corrected chi connectivity index (χ4v) is 3.65. The molecule has 0 saturated carbocycles. The summed E-state index contributed by atoms with van der Waals surface area (Å²) in [6.07, 6.45) is 1.59. The van der Waals surface area contributed by atoms with E-state index in [1.807, 2.05) is 24.3 Å². The van der Waals surface area contributed by atoms with E-state index in [9.17, 15) is 4.79 Å². The SMILES string of the molecule is O=C(CSCc1c(Cl)cccc1Cl)N/N=C\c1ccccc1Br. The van der Waals surface area contributed by atoms with Gasteiger partial charge in [-0.05, 0) is 23.8 Å². The van der Waals surface area contributed by atoms with Gasteiger partial charge < -0.3 is 0 Å². The summed E-state index contributed by atoms with van der Waals surface area (Å²) in [5, 5.41) is 5.16. The Morgan fingerprint density at radius 2 is 1.87 bits per heavy atom. The van der Waals surface area contributed by atoms with Crippen LogP contribution >= 0.6 is 50.9 Å². The lowest BCUT2D eigenvalue weighted by molar-refractivity contribution is -0.118. The number of carbonyl (C=O) groups excluding carboxylic acids is 1. The Kier molecular flexibility index (Phi) is 7.43. The van der Waals surface area contributed by atoms with Gasteiger partial charge in [0.25, 0.3) is 0 Å². The fraction of sp³-hybridized carbons (Fsp3) is 0.125. The molecule has 0 fully saturated rings. The van der Waals surface area contributed by atoms with Crippen molar-refractivity contribution in [2.45, 2.75) is 5.75 Å². The molecule has 0 saturated heterocycles. The van der Waals surface area contributed by atoms with E-state index < -0.39 is 0 Å². The zero-order valence-corrected chi connectivity index (χ0v) is 15.8. The maximum absolute atomic E-state index is 11.8. The third-order valence-corrected chi connectivity index (χ3v) is 5.23. The topological polar surface area (TPSA) is 41.5 Å². The molecule has 0 radical (unpaired) electrons. The van der Waals surface area contributed by atoms with Crippen molar-refractivity contribution >= 4 is 63.0 Å². The molecule has 2 aromatic carbocycles. The normalized spacial score (nSPS) is 10.9. The summed E-state index contributed by atoms with van der Waals surface area (Å²) in [5.41, 5.74) is 4.23. The molecule has 0 aliphatic rings. The second-order valence-corrected chi connectivity index (χ2v) is 7.16. The molecule has 0 aliphatic heterocycles. The van der Waals surface area contributed by atoms with E-state index in [1.54, 1.807) is 24.4 Å². The average Bonchev–Trinajstić information content (AvgIpc) is 2.52. The van der Waals surface area contributed by atoms with Crippen LogP contribution in [0.5, 0.6) is 0 Å². The van der Waals surface area contributed by atoms with Crippen molar-refractivity contribution in [2.75, 3.05) is 5.75 Å². The van der Waals surface area contributed by atoms with Gasteiger partial charge in [-0.25, -0.2) is 5.43 Å². The van der Waals surface area contributed by atoms with Crippen LogP contribution in [0.1, 0.15) is 11.1 Å². The highest BCUT2D eigenvalue weighted by atomic mass is 79.9. The van der Waals surface area contributed by atoms with E-state index in [0.717, 1.165) is 15.6 Å². The highest BCUT2D eigenvalue weighted by molar-refractivity contribution is 9.10. The predicted octanol–water partition coefficient (Wildman–Crippen LogP) is 5.14. The molecule has 0 spiro atoms. The number of hydrogen-bond acceptors (Lipinski definition) is 3. The lowest BCUT2D eigenvalue weighted by Gasteiger charge is -2.06. The zero-order chi connectivity index (χ0) is 16.7. The minimum atomic E-state index is -0.179. The molecule has 0 heterocycles. The first-order chi connectivity index (χ1) is 11.1. The van der Waals surface area contributed by atoms with Crippen molar-refractivity contribution < 1.29 is 4.79 Å². The number of hydrazone groups is 1. The molecular weight excluding hydrogens is 419 g/mol. The molecule has 0 aliphatic carbocycles. The fourth-order valence-electron chi connectivity index (χ4n) is 1.70. The molecule has 23 heavy (non-hydrogen) atoms. The van der Waals surface area contributed by atoms with Crippen LogP contribution in [0.25, 0.3) is 0 Å². The summed E-state index contributed by atoms with van der Waals surface area (Å²) in [5.74, 6) is 0.663. The monoisotopic (exact) mass is 430 g/mol. The molecular formula is C16H13BrCl2N2OS. The Morgan fingerprint density at radius 1 is 1.17 bits per heavy atom. The molecule has 2 aromatic rings. The van der Waals surface area contributed by atoms with Crippen LogP contribution in [0, 0.1) is 0 Å². The van der Waals surface area contributed by atoms with Crippen molar-refractivity contribution in [2.24, 2.45) is 5.10 Å². The lowest BCUT2D eigenvalue weighted by atomic mass is 10.2. The quantitative estimate of drug-likeness (QED) is 0.508. The number of amides is 1. The van der Waals surface area contributed by atoms with Gasteiger partial charge in [-0.15, -0.1) is 11.8 Å². The Morgan fingerprint density at radius 3 is 2.57 bits per heavy atom. The van der Waals surface area contributed by atoms with E-state index in [4.69, 9.17) is 23.2 Å². The van der Waals surface area contributed by atoms with Crippen molar-refractivity contribution in [1.82, 2.24) is 5.43 Å². The highest BCUT2D eigenvalue weighted by Crippen LogP contribution is 2.28. The minimum absolute atomic E-state index is 0.179. The maximum Gasteiger partial charge on any atom is 0.250 e. The van der Waals surface area contributed by atoms with E-state index in [2.05, 4.69) is 26.5 Å². The molecule has 7 heteroatoms. The zero-order valence-electron chi connectivity index (χ0n) is 11.9. The second kappa shape index (κ2) is 9.33. The molecule has 0 bridgehead atoms. The summed E-state index contributed by atoms with van der Waals surface area (Å²) < 4.78 is 0.917. The average molecular weight is 432 g/mol. The van der Waals surface area contributed by atoms with Gasteiger partial charge in [-0.3, -0.25) is 4.79 Å². The number of halogens is 3. The number of thioether (sulfide) groups is 1. The lowest BCUT2D eigenvalue weighted by Crippen LogP contribution is -2.19. The second-order valence-electron chi connectivity index (χ2n) is 4.51. The Bertz CT molecular complexity index is 705. The van der Waals surface area contributed by atoms with Crippen LogP contribution in [0.4, 0.5) is 0 Å². The number of nitrogens with one attached hydrogen (secondary N) is 1. The summed E-state index contributed by atoms with van der Waals surface area (Å²) in [6.45, 7) is 0. The Hall–Kier alpha value is -1.01. The van der Waals surface area contributed by atoms with E-state index >= 15 is 0 Å². The van der Waals surface area contributed by atoms with Crippen LogP contribution in [0.2, 0.25) is 10.0 Å². The first kappa shape index (κ1) is 18.3. The first-order valence-corrected chi connectivity index (χ1v) is 9.35. The van der Waals surface area contributed by atoms with Gasteiger partial charge in [0.15, 0.2) is 0 Å². The van der Waals surface area contributed by atoms with E-state index in [0.29, 0.717) is 15.8 Å². The van der Waals surface area contributed by atoms with Crippen LogP contribution < -0.4 is 5.43 Å². The predicted molar refractivity (Wildman–Crippen MR) is 103 cm³/mol. The third-order valence-electron chi connectivity index (χ3n) is 2.84. The summed E-state index contributed by atoms with van der Waals surface area (Å²) in [7, 11) is 0. The molecule has 120 valence electrons. The molecule has 1 N–H and O–H groups in total. The Balaban J connectivity index is 1.79. The molecule has 0 unspecified atom stereocenters.